The maximum absolute atomic E-state index is 12.4. The number of hydrogen-bond donors (Lipinski definition) is 1. The number of thiazole rings is 1. The number of rotatable bonds is 2. The second-order valence-corrected chi connectivity index (χ2v) is 6.39. The van der Waals surface area contributed by atoms with Crippen LogP contribution in [0.3, 0.4) is 0 Å². The second-order valence-electron chi connectivity index (χ2n) is 5.45. The predicted octanol–water partition coefficient (Wildman–Crippen LogP) is 3.50. The van der Waals surface area contributed by atoms with E-state index in [-0.39, 0.29) is 11.8 Å². The first-order valence-electron chi connectivity index (χ1n) is 6.93. The number of amides is 1. The summed E-state index contributed by atoms with van der Waals surface area (Å²) in [5, 5.41) is 3.05. The molecule has 1 amide bonds. The van der Waals surface area contributed by atoms with Crippen molar-refractivity contribution < 1.29 is 4.79 Å². The van der Waals surface area contributed by atoms with Crippen molar-refractivity contribution in [2.24, 2.45) is 5.92 Å². The first-order valence-corrected chi connectivity index (χ1v) is 7.81. The van der Waals surface area contributed by atoms with Crippen LogP contribution in [-0.4, -0.2) is 10.9 Å². The van der Waals surface area contributed by atoms with Crippen LogP contribution in [0.4, 0.5) is 5.69 Å². The molecule has 1 unspecified atom stereocenters. The number of nitrogens with one attached hydrogen (secondary N) is 1. The highest BCUT2D eigenvalue weighted by Crippen LogP contribution is 2.28. The number of carbonyl (C=O) groups excluding carboxylic acids is 1. The first kappa shape index (κ1) is 13.3. The summed E-state index contributed by atoms with van der Waals surface area (Å²) in [6.07, 6.45) is 2.65. The molecule has 0 radical (unpaired) electrons. The Morgan fingerprint density at radius 3 is 3.00 bits per heavy atom. The van der Waals surface area contributed by atoms with Crippen LogP contribution < -0.4 is 5.32 Å². The minimum atomic E-state index is 0.0737. The van der Waals surface area contributed by atoms with Gasteiger partial charge in [-0.1, -0.05) is 6.07 Å². The third kappa shape index (κ3) is 2.61. The van der Waals surface area contributed by atoms with Gasteiger partial charge in [-0.05, 0) is 56.4 Å². The molecule has 0 fully saturated rings. The number of aromatic nitrogens is 1. The molecule has 2 aromatic rings. The van der Waals surface area contributed by atoms with Gasteiger partial charge < -0.3 is 5.32 Å². The summed E-state index contributed by atoms with van der Waals surface area (Å²) in [6, 6.07) is 6.06. The van der Waals surface area contributed by atoms with Crippen LogP contribution >= 0.6 is 11.3 Å². The van der Waals surface area contributed by atoms with E-state index < -0.39 is 0 Å². The Labute approximate surface area is 123 Å². The van der Waals surface area contributed by atoms with Gasteiger partial charge in [0.15, 0.2) is 0 Å². The number of anilines is 1. The van der Waals surface area contributed by atoms with Crippen molar-refractivity contribution in [1.29, 1.82) is 0 Å². The van der Waals surface area contributed by atoms with Crippen LogP contribution in [0.25, 0.3) is 0 Å². The quantitative estimate of drug-likeness (QED) is 0.918. The minimum absolute atomic E-state index is 0.0737. The Morgan fingerprint density at radius 2 is 2.20 bits per heavy atom. The highest BCUT2D eigenvalue weighted by atomic mass is 32.1. The second kappa shape index (κ2) is 5.37. The van der Waals surface area contributed by atoms with E-state index in [0.717, 1.165) is 24.9 Å². The fourth-order valence-electron chi connectivity index (χ4n) is 2.59. The molecular weight excluding hydrogens is 268 g/mol. The van der Waals surface area contributed by atoms with Gasteiger partial charge in [-0.15, -0.1) is 11.3 Å². The Morgan fingerprint density at radius 1 is 1.35 bits per heavy atom. The molecule has 1 atom stereocenters. The van der Waals surface area contributed by atoms with Gasteiger partial charge in [-0.2, -0.15) is 0 Å². The van der Waals surface area contributed by atoms with E-state index in [1.54, 1.807) is 11.3 Å². The third-order valence-electron chi connectivity index (χ3n) is 4.03. The molecule has 3 nitrogen and oxygen atoms in total. The molecule has 0 saturated carbocycles. The molecule has 3 rings (SSSR count). The van der Waals surface area contributed by atoms with Crippen molar-refractivity contribution in [3.8, 4) is 0 Å². The van der Waals surface area contributed by atoms with Gasteiger partial charge in [0.05, 0.1) is 11.2 Å². The zero-order chi connectivity index (χ0) is 14.1. The van der Waals surface area contributed by atoms with Crippen LogP contribution in [0.5, 0.6) is 0 Å². The van der Waals surface area contributed by atoms with Crippen LogP contribution in [-0.2, 0) is 17.6 Å². The number of carbonyl (C=O) groups is 1. The van der Waals surface area contributed by atoms with Crippen molar-refractivity contribution in [3.05, 3.63) is 45.4 Å². The number of nitrogens with zero attached hydrogens (tertiary/aromatic N) is 1. The lowest BCUT2D eigenvalue weighted by molar-refractivity contribution is -0.120. The molecule has 1 aromatic carbocycles. The van der Waals surface area contributed by atoms with Gasteiger partial charge in [0.25, 0.3) is 0 Å². The molecule has 1 N–H and O–H groups in total. The molecule has 104 valence electrons. The molecule has 4 heteroatoms. The summed E-state index contributed by atoms with van der Waals surface area (Å²) in [5.74, 6) is 0.205. The molecular formula is C16H18N2OS. The average Bonchev–Trinajstić information content (AvgIpc) is 2.90. The zero-order valence-electron chi connectivity index (χ0n) is 11.8. The molecule has 1 aliphatic rings. The predicted molar refractivity (Wildman–Crippen MR) is 82.2 cm³/mol. The number of fused-ring (bicyclic) bond motifs is 1. The van der Waals surface area contributed by atoms with Gasteiger partial charge in [-0.3, -0.25) is 4.79 Å². The lowest BCUT2D eigenvalue weighted by Crippen LogP contribution is -2.27. The fourth-order valence-corrected chi connectivity index (χ4v) is 3.48. The molecule has 1 heterocycles. The zero-order valence-corrected chi connectivity index (χ0v) is 12.6. The van der Waals surface area contributed by atoms with E-state index >= 15 is 0 Å². The van der Waals surface area contributed by atoms with Gasteiger partial charge in [0.1, 0.15) is 0 Å². The standard InChI is InChI=1S/C16H18N2OS/c1-10-3-5-13(7-11(10)2)18-16(19)12-4-6-14-15(8-12)20-9-17-14/h3,5,7,9,12H,4,6,8H2,1-2H3,(H,18,19). The molecule has 0 bridgehead atoms. The van der Waals surface area contributed by atoms with Gasteiger partial charge in [0, 0.05) is 16.5 Å². The lowest BCUT2D eigenvalue weighted by Gasteiger charge is -2.20. The molecule has 1 aromatic heterocycles. The summed E-state index contributed by atoms with van der Waals surface area (Å²) < 4.78 is 0. The Bertz CT molecular complexity index is 648. The van der Waals surface area contributed by atoms with Crippen molar-refractivity contribution in [1.82, 2.24) is 4.98 Å². The number of benzene rings is 1. The van der Waals surface area contributed by atoms with E-state index in [9.17, 15) is 4.79 Å². The topological polar surface area (TPSA) is 42.0 Å². The first-order chi connectivity index (χ1) is 9.63. The summed E-state index contributed by atoms with van der Waals surface area (Å²) in [7, 11) is 0. The fraction of sp³-hybridized carbons (Fsp3) is 0.375. The van der Waals surface area contributed by atoms with E-state index in [1.807, 2.05) is 23.7 Å². The maximum atomic E-state index is 12.4. The van der Waals surface area contributed by atoms with Crippen molar-refractivity contribution >= 4 is 22.9 Å². The Balaban J connectivity index is 1.69. The van der Waals surface area contributed by atoms with E-state index in [0.29, 0.717) is 0 Å². The summed E-state index contributed by atoms with van der Waals surface area (Å²) in [5.41, 5.74) is 6.42. The van der Waals surface area contributed by atoms with Crippen molar-refractivity contribution in [3.63, 3.8) is 0 Å². The number of aryl methyl sites for hydroxylation is 3. The molecule has 0 saturated heterocycles. The third-order valence-corrected chi connectivity index (χ3v) is 4.93. The van der Waals surface area contributed by atoms with Gasteiger partial charge in [-0.25, -0.2) is 4.98 Å². The normalized spacial score (nSPS) is 17.6. The van der Waals surface area contributed by atoms with Crippen molar-refractivity contribution in [2.45, 2.75) is 33.1 Å². The number of hydrogen-bond acceptors (Lipinski definition) is 3. The lowest BCUT2D eigenvalue weighted by atomic mass is 9.90. The SMILES string of the molecule is Cc1ccc(NC(=O)C2CCc3ncsc3C2)cc1C. The molecule has 0 aliphatic heterocycles. The largest absolute Gasteiger partial charge is 0.326 e. The van der Waals surface area contributed by atoms with Crippen LogP contribution in [0.2, 0.25) is 0 Å². The van der Waals surface area contributed by atoms with Crippen LogP contribution in [0, 0.1) is 19.8 Å². The molecule has 0 spiro atoms. The smallest absolute Gasteiger partial charge is 0.227 e. The highest BCUT2D eigenvalue weighted by molar-refractivity contribution is 7.09. The average molecular weight is 286 g/mol. The highest BCUT2D eigenvalue weighted by Gasteiger charge is 2.26. The summed E-state index contributed by atoms with van der Waals surface area (Å²) in [6.45, 7) is 4.14. The van der Waals surface area contributed by atoms with Gasteiger partial charge in [0.2, 0.25) is 5.91 Å². The molecule has 20 heavy (non-hydrogen) atoms. The minimum Gasteiger partial charge on any atom is -0.326 e. The Hall–Kier alpha value is -1.68. The Kier molecular flexibility index (Phi) is 3.57. The monoisotopic (exact) mass is 286 g/mol. The maximum Gasteiger partial charge on any atom is 0.227 e. The van der Waals surface area contributed by atoms with Gasteiger partial charge >= 0.3 is 0 Å². The van der Waals surface area contributed by atoms with Crippen molar-refractivity contribution in [2.75, 3.05) is 5.32 Å². The summed E-state index contributed by atoms with van der Waals surface area (Å²) >= 11 is 1.67. The van der Waals surface area contributed by atoms with Crippen LogP contribution in [0.1, 0.15) is 28.1 Å². The van der Waals surface area contributed by atoms with E-state index in [2.05, 4.69) is 24.1 Å². The van der Waals surface area contributed by atoms with Crippen LogP contribution in [0.15, 0.2) is 23.7 Å². The van der Waals surface area contributed by atoms with E-state index in [1.165, 1.54) is 21.7 Å². The van der Waals surface area contributed by atoms with E-state index in [4.69, 9.17) is 0 Å². The molecule has 1 aliphatic carbocycles. The summed E-state index contributed by atoms with van der Waals surface area (Å²) in [4.78, 5) is 18.0.